The Morgan fingerprint density at radius 2 is 2.18 bits per heavy atom. The Bertz CT molecular complexity index is 477. The van der Waals surface area contributed by atoms with E-state index in [1.165, 1.54) is 9.75 Å². The average Bonchev–Trinajstić information content (AvgIpc) is 2.85. The Hall–Kier alpha value is -0.770. The number of rotatable bonds is 5. The molecule has 2 rings (SSSR count). The highest BCUT2D eigenvalue weighted by atomic mass is 35.5. The predicted octanol–water partition coefficient (Wildman–Crippen LogP) is 4.02. The Balaban J connectivity index is 1.79. The number of thiophene rings is 1. The van der Waals surface area contributed by atoms with Crippen LogP contribution in [-0.2, 0) is 13.0 Å². The highest BCUT2D eigenvalue weighted by molar-refractivity contribution is 7.11. The zero-order valence-electron chi connectivity index (χ0n) is 10.00. The minimum atomic E-state index is 0.428. The van der Waals surface area contributed by atoms with Crippen LogP contribution >= 0.6 is 22.9 Å². The van der Waals surface area contributed by atoms with E-state index in [1.54, 1.807) is 6.07 Å². The normalized spacial score (nSPS) is 12.9. The van der Waals surface area contributed by atoms with Gasteiger partial charge in [-0.25, -0.2) is 0 Å². The molecule has 0 fully saturated rings. The number of aryl methyl sites for hydroxylation is 1. The van der Waals surface area contributed by atoms with Crippen molar-refractivity contribution in [1.82, 2.24) is 5.32 Å². The van der Waals surface area contributed by atoms with Crippen LogP contribution in [0.3, 0.4) is 0 Å². The summed E-state index contributed by atoms with van der Waals surface area (Å²) in [5.74, 6) is 0.879. The van der Waals surface area contributed by atoms with E-state index in [-0.39, 0.29) is 0 Å². The third-order valence-corrected chi connectivity index (χ3v) is 3.78. The maximum absolute atomic E-state index is 5.72. The Morgan fingerprint density at radius 1 is 1.35 bits per heavy atom. The van der Waals surface area contributed by atoms with Crippen LogP contribution < -0.4 is 5.32 Å². The van der Waals surface area contributed by atoms with Gasteiger partial charge in [0.15, 0.2) is 5.22 Å². The molecule has 0 aliphatic rings. The fraction of sp³-hybridized carbons (Fsp3) is 0.385. The van der Waals surface area contributed by atoms with E-state index < -0.39 is 0 Å². The van der Waals surface area contributed by atoms with Crippen LogP contribution in [0.25, 0.3) is 0 Å². The van der Waals surface area contributed by atoms with Crippen molar-refractivity contribution in [2.45, 2.75) is 32.9 Å². The summed E-state index contributed by atoms with van der Waals surface area (Å²) < 4.78 is 5.29. The molecule has 0 spiro atoms. The lowest BCUT2D eigenvalue weighted by atomic mass is 10.2. The molecule has 2 heterocycles. The van der Waals surface area contributed by atoms with Gasteiger partial charge < -0.3 is 9.73 Å². The SMILES string of the molecule is Cc1ccc(CC(C)NCc2ccc(Cl)o2)s1. The van der Waals surface area contributed by atoms with Gasteiger partial charge in [-0.2, -0.15) is 0 Å². The molecular formula is C13H16ClNOS. The van der Waals surface area contributed by atoms with Gasteiger partial charge in [0.2, 0.25) is 0 Å². The maximum atomic E-state index is 5.72. The molecule has 0 aliphatic carbocycles. The minimum Gasteiger partial charge on any atom is -0.448 e. The van der Waals surface area contributed by atoms with E-state index in [4.69, 9.17) is 16.0 Å². The zero-order valence-corrected chi connectivity index (χ0v) is 11.6. The van der Waals surface area contributed by atoms with Crippen LogP contribution in [0.15, 0.2) is 28.7 Å². The largest absolute Gasteiger partial charge is 0.448 e. The summed E-state index contributed by atoms with van der Waals surface area (Å²) in [4.78, 5) is 2.78. The third-order valence-electron chi connectivity index (χ3n) is 2.56. The van der Waals surface area contributed by atoms with Crippen molar-refractivity contribution in [2.24, 2.45) is 0 Å². The lowest BCUT2D eigenvalue weighted by Gasteiger charge is -2.11. The molecule has 1 N–H and O–H groups in total. The summed E-state index contributed by atoms with van der Waals surface area (Å²) >= 11 is 7.57. The van der Waals surface area contributed by atoms with Gasteiger partial charge in [0.25, 0.3) is 0 Å². The van der Waals surface area contributed by atoms with Crippen LogP contribution in [-0.4, -0.2) is 6.04 Å². The quantitative estimate of drug-likeness (QED) is 0.887. The monoisotopic (exact) mass is 269 g/mol. The van der Waals surface area contributed by atoms with Gasteiger partial charge in [-0.1, -0.05) is 0 Å². The lowest BCUT2D eigenvalue weighted by molar-refractivity contribution is 0.455. The lowest BCUT2D eigenvalue weighted by Crippen LogP contribution is -2.27. The van der Waals surface area contributed by atoms with Crippen LogP contribution in [0.5, 0.6) is 0 Å². The minimum absolute atomic E-state index is 0.428. The second-order valence-corrected chi connectivity index (χ2v) is 5.95. The number of hydrogen-bond acceptors (Lipinski definition) is 3. The molecule has 0 aliphatic heterocycles. The third kappa shape index (κ3) is 3.87. The van der Waals surface area contributed by atoms with E-state index in [0.29, 0.717) is 11.3 Å². The number of halogens is 1. The van der Waals surface area contributed by atoms with Gasteiger partial charge in [-0.3, -0.25) is 0 Å². The zero-order chi connectivity index (χ0) is 12.3. The standard InChI is InChI=1S/C13H16ClNOS/c1-9(7-12-5-3-10(2)17-12)15-8-11-4-6-13(14)16-11/h3-6,9,15H,7-8H2,1-2H3. The summed E-state index contributed by atoms with van der Waals surface area (Å²) in [6.07, 6.45) is 1.05. The summed E-state index contributed by atoms with van der Waals surface area (Å²) in [7, 11) is 0. The molecule has 17 heavy (non-hydrogen) atoms. The maximum Gasteiger partial charge on any atom is 0.193 e. The molecule has 4 heteroatoms. The highest BCUT2D eigenvalue weighted by Crippen LogP contribution is 2.17. The van der Waals surface area contributed by atoms with Crippen molar-refractivity contribution in [3.05, 3.63) is 45.0 Å². The van der Waals surface area contributed by atoms with Crippen LogP contribution in [0, 0.1) is 6.92 Å². The van der Waals surface area contributed by atoms with Gasteiger partial charge in [-0.05, 0) is 56.1 Å². The average molecular weight is 270 g/mol. The Labute approximate surface area is 111 Å². The van der Waals surface area contributed by atoms with Crippen molar-refractivity contribution in [1.29, 1.82) is 0 Å². The summed E-state index contributed by atoms with van der Waals surface area (Å²) in [6.45, 7) is 5.04. The topological polar surface area (TPSA) is 25.2 Å². The first-order valence-electron chi connectivity index (χ1n) is 5.66. The van der Waals surface area contributed by atoms with E-state index in [9.17, 15) is 0 Å². The first kappa shape index (κ1) is 12.7. The van der Waals surface area contributed by atoms with Gasteiger partial charge in [0, 0.05) is 15.8 Å². The van der Waals surface area contributed by atoms with Gasteiger partial charge in [0.05, 0.1) is 6.54 Å². The Kier molecular flexibility index (Phi) is 4.26. The molecule has 0 bridgehead atoms. The molecule has 92 valence electrons. The highest BCUT2D eigenvalue weighted by Gasteiger charge is 2.06. The Morgan fingerprint density at radius 3 is 2.76 bits per heavy atom. The summed E-state index contributed by atoms with van der Waals surface area (Å²) in [6, 6.07) is 8.46. The number of nitrogens with one attached hydrogen (secondary N) is 1. The number of furan rings is 1. The van der Waals surface area contributed by atoms with Crippen molar-refractivity contribution in [2.75, 3.05) is 0 Å². The van der Waals surface area contributed by atoms with Crippen molar-refractivity contribution >= 4 is 22.9 Å². The van der Waals surface area contributed by atoms with E-state index in [0.717, 1.165) is 18.7 Å². The first-order chi connectivity index (χ1) is 8.13. The fourth-order valence-corrected chi connectivity index (χ4v) is 2.87. The fourth-order valence-electron chi connectivity index (χ4n) is 1.69. The molecule has 2 nitrogen and oxygen atoms in total. The van der Waals surface area contributed by atoms with Gasteiger partial charge in [-0.15, -0.1) is 11.3 Å². The van der Waals surface area contributed by atoms with Crippen LogP contribution in [0.4, 0.5) is 0 Å². The van der Waals surface area contributed by atoms with E-state index >= 15 is 0 Å². The molecule has 0 radical (unpaired) electrons. The molecule has 0 saturated heterocycles. The molecule has 1 atom stereocenters. The molecule has 0 amide bonds. The van der Waals surface area contributed by atoms with E-state index in [2.05, 4.69) is 31.3 Å². The molecule has 0 saturated carbocycles. The molecule has 2 aromatic heterocycles. The first-order valence-corrected chi connectivity index (χ1v) is 6.86. The van der Waals surface area contributed by atoms with Crippen molar-refractivity contribution in [3.8, 4) is 0 Å². The second kappa shape index (κ2) is 5.71. The van der Waals surface area contributed by atoms with Crippen LogP contribution in [0.1, 0.15) is 22.4 Å². The smallest absolute Gasteiger partial charge is 0.193 e. The summed E-state index contributed by atoms with van der Waals surface area (Å²) in [5, 5.41) is 3.87. The molecular weight excluding hydrogens is 254 g/mol. The van der Waals surface area contributed by atoms with Crippen LogP contribution in [0.2, 0.25) is 5.22 Å². The summed E-state index contributed by atoms with van der Waals surface area (Å²) in [5.41, 5.74) is 0. The van der Waals surface area contributed by atoms with Crippen molar-refractivity contribution < 1.29 is 4.42 Å². The van der Waals surface area contributed by atoms with Gasteiger partial charge in [0.1, 0.15) is 5.76 Å². The second-order valence-electron chi connectivity index (χ2n) is 4.20. The molecule has 1 unspecified atom stereocenters. The molecule has 0 aromatic carbocycles. The molecule has 2 aromatic rings. The number of hydrogen-bond donors (Lipinski definition) is 1. The van der Waals surface area contributed by atoms with E-state index in [1.807, 2.05) is 17.4 Å². The predicted molar refractivity (Wildman–Crippen MR) is 72.8 cm³/mol. The van der Waals surface area contributed by atoms with Gasteiger partial charge >= 0.3 is 0 Å². The van der Waals surface area contributed by atoms with Crippen molar-refractivity contribution in [3.63, 3.8) is 0 Å².